The molecule has 1 aliphatic heterocycles. The summed E-state index contributed by atoms with van der Waals surface area (Å²) < 4.78 is 33.3. The highest BCUT2D eigenvalue weighted by Gasteiger charge is 2.35. The van der Waals surface area contributed by atoms with E-state index in [2.05, 4.69) is 4.98 Å². The third kappa shape index (κ3) is 4.42. The zero-order chi connectivity index (χ0) is 20.1. The lowest BCUT2D eigenvalue weighted by atomic mass is 10.1. The fourth-order valence-corrected chi connectivity index (χ4v) is 4.96. The molecule has 1 unspecified atom stereocenters. The number of likely N-dealkylation sites (tertiary alicyclic amines) is 1. The van der Waals surface area contributed by atoms with Crippen molar-refractivity contribution in [3.8, 4) is 5.75 Å². The van der Waals surface area contributed by atoms with Gasteiger partial charge in [-0.3, -0.25) is 4.98 Å². The molecule has 0 aliphatic carbocycles. The van der Waals surface area contributed by atoms with E-state index >= 15 is 0 Å². The Morgan fingerprint density at radius 3 is 2.68 bits per heavy atom. The van der Waals surface area contributed by atoms with Crippen molar-refractivity contribution >= 4 is 16.1 Å². The maximum atomic E-state index is 13.4. The van der Waals surface area contributed by atoms with E-state index in [4.69, 9.17) is 4.74 Å². The Bertz CT molecular complexity index is 903. The van der Waals surface area contributed by atoms with Gasteiger partial charge in [-0.1, -0.05) is 6.07 Å². The molecule has 3 rings (SSSR count). The SMILES string of the molecule is COc1ccc(S(=O)(=O)N(Cc2cccnc2)C2CCCN(C(=O)O)C2)cc1. The molecule has 0 bridgehead atoms. The molecular weight excluding hydrogens is 382 g/mol. The number of pyridine rings is 1. The Kier molecular flexibility index (Phi) is 6.15. The smallest absolute Gasteiger partial charge is 0.407 e. The summed E-state index contributed by atoms with van der Waals surface area (Å²) in [6.45, 7) is 0.681. The molecule has 1 aromatic carbocycles. The van der Waals surface area contributed by atoms with Crippen molar-refractivity contribution in [2.45, 2.75) is 30.3 Å². The number of carbonyl (C=O) groups is 1. The van der Waals surface area contributed by atoms with E-state index in [0.717, 1.165) is 5.56 Å². The molecule has 1 saturated heterocycles. The summed E-state index contributed by atoms with van der Waals surface area (Å²) in [6.07, 6.45) is 3.42. The highest BCUT2D eigenvalue weighted by atomic mass is 32.2. The predicted octanol–water partition coefficient (Wildman–Crippen LogP) is 2.42. The number of benzene rings is 1. The van der Waals surface area contributed by atoms with Crippen LogP contribution >= 0.6 is 0 Å². The molecular formula is C19H23N3O5S. The number of carboxylic acid groups (broad SMARTS) is 1. The number of hydrogen-bond acceptors (Lipinski definition) is 5. The molecule has 1 atom stereocenters. The second-order valence-corrected chi connectivity index (χ2v) is 8.50. The van der Waals surface area contributed by atoms with E-state index in [9.17, 15) is 18.3 Å². The molecule has 0 radical (unpaired) electrons. The van der Waals surface area contributed by atoms with Gasteiger partial charge < -0.3 is 14.7 Å². The number of piperidine rings is 1. The summed E-state index contributed by atoms with van der Waals surface area (Å²) in [5.74, 6) is 0.562. The highest BCUT2D eigenvalue weighted by Crippen LogP contribution is 2.27. The van der Waals surface area contributed by atoms with Crippen LogP contribution in [0.1, 0.15) is 18.4 Å². The Balaban J connectivity index is 1.95. The predicted molar refractivity (Wildman–Crippen MR) is 103 cm³/mol. The number of sulfonamides is 1. The lowest BCUT2D eigenvalue weighted by Crippen LogP contribution is -2.51. The van der Waals surface area contributed by atoms with Gasteiger partial charge in [-0.2, -0.15) is 4.31 Å². The normalized spacial score (nSPS) is 17.5. The standard InChI is InChI=1S/C19H23N3O5S/c1-27-17-6-8-18(9-7-17)28(25,26)22(13-15-4-2-10-20-12-15)16-5-3-11-21(14-16)19(23)24/h2,4,6-10,12,16H,3,5,11,13-14H2,1H3,(H,23,24). The van der Waals surface area contributed by atoms with Gasteiger partial charge in [-0.15, -0.1) is 0 Å². The van der Waals surface area contributed by atoms with E-state index in [-0.39, 0.29) is 18.0 Å². The number of rotatable bonds is 6. The quantitative estimate of drug-likeness (QED) is 0.792. The third-order valence-electron chi connectivity index (χ3n) is 4.80. The van der Waals surface area contributed by atoms with E-state index in [1.54, 1.807) is 36.7 Å². The molecule has 1 fully saturated rings. The van der Waals surface area contributed by atoms with E-state index in [1.165, 1.54) is 28.4 Å². The average molecular weight is 405 g/mol. The minimum absolute atomic E-state index is 0.125. The summed E-state index contributed by atoms with van der Waals surface area (Å²) in [7, 11) is -2.33. The van der Waals surface area contributed by atoms with Gasteiger partial charge in [0, 0.05) is 38.1 Å². The second kappa shape index (κ2) is 8.57. The van der Waals surface area contributed by atoms with Gasteiger partial charge in [-0.25, -0.2) is 13.2 Å². The lowest BCUT2D eigenvalue weighted by molar-refractivity contribution is 0.110. The van der Waals surface area contributed by atoms with Gasteiger partial charge >= 0.3 is 6.09 Å². The summed E-state index contributed by atoms with van der Waals surface area (Å²) in [5.41, 5.74) is 0.743. The van der Waals surface area contributed by atoms with Crippen molar-refractivity contribution in [2.75, 3.05) is 20.2 Å². The van der Waals surface area contributed by atoms with Gasteiger partial charge in [-0.05, 0) is 48.7 Å². The molecule has 28 heavy (non-hydrogen) atoms. The molecule has 1 aliphatic rings. The largest absolute Gasteiger partial charge is 0.497 e. The monoisotopic (exact) mass is 405 g/mol. The molecule has 8 nitrogen and oxygen atoms in total. The Morgan fingerprint density at radius 1 is 1.32 bits per heavy atom. The van der Waals surface area contributed by atoms with Gasteiger partial charge in [0.05, 0.1) is 12.0 Å². The Hall–Kier alpha value is -2.65. The van der Waals surface area contributed by atoms with Crippen LogP contribution in [0.25, 0.3) is 0 Å². The fraction of sp³-hybridized carbons (Fsp3) is 0.368. The van der Waals surface area contributed by atoms with Crippen LogP contribution in [-0.2, 0) is 16.6 Å². The molecule has 1 N–H and O–H groups in total. The molecule has 9 heteroatoms. The molecule has 1 aromatic heterocycles. The van der Waals surface area contributed by atoms with Gasteiger partial charge in [0.1, 0.15) is 5.75 Å². The first-order valence-corrected chi connectivity index (χ1v) is 10.4. The van der Waals surface area contributed by atoms with Gasteiger partial charge in [0.15, 0.2) is 0 Å². The molecule has 0 spiro atoms. The number of amides is 1. The van der Waals surface area contributed by atoms with Crippen molar-refractivity contribution < 1.29 is 23.1 Å². The van der Waals surface area contributed by atoms with Crippen LogP contribution in [0, 0.1) is 0 Å². The third-order valence-corrected chi connectivity index (χ3v) is 6.71. The van der Waals surface area contributed by atoms with Crippen LogP contribution in [-0.4, -0.2) is 60.0 Å². The molecule has 2 heterocycles. The van der Waals surface area contributed by atoms with Crippen LogP contribution in [0.2, 0.25) is 0 Å². The highest BCUT2D eigenvalue weighted by molar-refractivity contribution is 7.89. The van der Waals surface area contributed by atoms with Crippen molar-refractivity contribution in [3.63, 3.8) is 0 Å². The fourth-order valence-electron chi connectivity index (χ4n) is 3.33. The first kappa shape index (κ1) is 20.1. The summed E-state index contributed by atoms with van der Waals surface area (Å²) in [6, 6.07) is 9.31. The van der Waals surface area contributed by atoms with Crippen LogP contribution in [0.3, 0.4) is 0 Å². The van der Waals surface area contributed by atoms with Gasteiger partial charge in [0.25, 0.3) is 0 Å². The molecule has 2 aromatic rings. The average Bonchev–Trinajstić information content (AvgIpc) is 2.72. The number of nitrogens with zero attached hydrogens (tertiary/aromatic N) is 3. The van der Waals surface area contributed by atoms with Crippen LogP contribution in [0.5, 0.6) is 5.75 Å². The van der Waals surface area contributed by atoms with Crippen LogP contribution in [0.4, 0.5) is 4.79 Å². The minimum atomic E-state index is -3.84. The first-order chi connectivity index (χ1) is 13.4. The molecule has 150 valence electrons. The number of aromatic nitrogens is 1. The maximum Gasteiger partial charge on any atom is 0.407 e. The zero-order valence-corrected chi connectivity index (χ0v) is 16.4. The lowest BCUT2D eigenvalue weighted by Gasteiger charge is -2.37. The topological polar surface area (TPSA) is 100 Å². The number of ether oxygens (including phenoxy) is 1. The van der Waals surface area contributed by atoms with E-state index in [0.29, 0.717) is 25.1 Å². The maximum absolute atomic E-state index is 13.4. The van der Waals surface area contributed by atoms with Crippen molar-refractivity contribution in [1.29, 1.82) is 0 Å². The van der Waals surface area contributed by atoms with E-state index in [1.807, 2.05) is 0 Å². The van der Waals surface area contributed by atoms with Crippen LogP contribution < -0.4 is 4.74 Å². The molecule has 1 amide bonds. The summed E-state index contributed by atoms with van der Waals surface area (Å²) >= 11 is 0. The van der Waals surface area contributed by atoms with Crippen molar-refractivity contribution in [3.05, 3.63) is 54.4 Å². The first-order valence-electron chi connectivity index (χ1n) is 8.94. The Labute approximate surface area is 164 Å². The van der Waals surface area contributed by atoms with Crippen molar-refractivity contribution in [2.24, 2.45) is 0 Å². The van der Waals surface area contributed by atoms with Gasteiger partial charge in [0.2, 0.25) is 10.0 Å². The second-order valence-electron chi connectivity index (χ2n) is 6.61. The number of methoxy groups -OCH3 is 1. The van der Waals surface area contributed by atoms with Crippen LogP contribution in [0.15, 0.2) is 53.7 Å². The zero-order valence-electron chi connectivity index (χ0n) is 15.6. The molecule has 0 saturated carbocycles. The Morgan fingerprint density at radius 2 is 2.07 bits per heavy atom. The number of hydrogen-bond donors (Lipinski definition) is 1. The van der Waals surface area contributed by atoms with E-state index < -0.39 is 22.2 Å². The summed E-state index contributed by atoms with van der Waals surface area (Å²) in [5, 5.41) is 9.34. The summed E-state index contributed by atoms with van der Waals surface area (Å²) in [4.78, 5) is 16.9. The minimum Gasteiger partial charge on any atom is -0.497 e. The van der Waals surface area contributed by atoms with Crippen molar-refractivity contribution in [1.82, 2.24) is 14.2 Å².